The van der Waals surface area contributed by atoms with Crippen molar-refractivity contribution in [2.24, 2.45) is 0 Å². The highest BCUT2D eigenvalue weighted by atomic mass is 16.4. The number of nitrogens with zero attached hydrogens (tertiary/aromatic N) is 5. The van der Waals surface area contributed by atoms with Crippen LogP contribution in [0.3, 0.4) is 0 Å². The summed E-state index contributed by atoms with van der Waals surface area (Å²) in [6, 6.07) is 17.6. The van der Waals surface area contributed by atoms with Crippen molar-refractivity contribution in [2.75, 3.05) is 46.8 Å². The zero-order valence-electron chi connectivity index (χ0n) is 22.8. The highest BCUT2D eigenvalue weighted by molar-refractivity contribution is 5.96. The lowest BCUT2D eigenvalue weighted by molar-refractivity contribution is -0.134. The molecule has 1 aliphatic rings. The molecule has 0 atom stereocenters. The number of carbonyl (C=O) groups excluding carboxylic acids is 2. The average molecular weight is 550 g/mol. The van der Waals surface area contributed by atoms with Crippen LogP contribution in [0.1, 0.15) is 22.6 Å². The third-order valence-corrected chi connectivity index (χ3v) is 6.45. The molecule has 0 aliphatic carbocycles. The van der Waals surface area contributed by atoms with E-state index in [1.165, 1.54) is 0 Å². The summed E-state index contributed by atoms with van der Waals surface area (Å²) in [5, 5.41) is 15.6. The van der Waals surface area contributed by atoms with Crippen LogP contribution in [0.15, 0.2) is 66.7 Å². The Labute approximate surface area is 232 Å². The molecule has 0 spiro atoms. The van der Waals surface area contributed by atoms with Crippen LogP contribution in [0.25, 0.3) is 11.0 Å². The fraction of sp³-hybridized carbons (Fsp3) is 0.345. The molecule has 2 heterocycles. The van der Waals surface area contributed by atoms with E-state index in [9.17, 15) is 19.2 Å². The first kappa shape index (κ1) is 30.2. The van der Waals surface area contributed by atoms with Crippen molar-refractivity contribution >= 4 is 34.7 Å². The van der Waals surface area contributed by atoms with Crippen LogP contribution in [0.5, 0.6) is 0 Å². The van der Waals surface area contributed by atoms with Gasteiger partial charge in [0.1, 0.15) is 5.82 Å². The third-order valence-electron chi connectivity index (χ3n) is 6.45. The molecule has 4 rings (SSSR count). The van der Waals surface area contributed by atoms with E-state index in [4.69, 9.17) is 15.2 Å². The van der Waals surface area contributed by atoms with Crippen molar-refractivity contribution in [1.82, 2.24) is 24.3 Å². The van der Waals surface area contributed by atoms with Gasteiger partial charge in [-0.15, -0.1) is 0 Å². The molecular formula is C29H35N5O6. The molecule has 0 bridgehead atoms. The number of aromatic nitrogens is 2. The molecule has 40 heavy (non-hydrogen) atoms. The maximum absolute atomic E-state index is 12.7. The number of rotatable bonds is 10. The lowest BCUT2D eigenvalue weighted by Gasteiger charge is -2.34. The fourth-order valence-electron chi connectivity index (χ4n) is 4.26. The minimum absolute atomic E-state index is 0.142. The van der Waals surface area contributed by atoms with Gasteiger partial charge >= 0.3 is 11.9 Å². The number of ketones is 1. The maximum atomic E-state index is 12.7. The number of amides is 1. The molecule has 1 aromatic heterocycles. The predicted octanol–water partition coefficient (Wildman–Crippen LogP) is 2.23. The number of aliphatic carboxylic acids is 2. The summed E-state index contributed by atoms with van der Waals surface area (Å²) >= 11 is 0. The second kappa shape index (κ2) is 14.7. The zero-order valence-corrected chi connectivity index (χ0v) is 22.8. The SMILES string of the molecule is CN(C)C(=O)CN1CCN(Cc2nc3ccccc3n2CCC(=O)c2ccccc2)CC1.O=C(O)/C=C\C(=O)O. The highest BCUT2D eigenvalue weighted by Crippen LogP contribution is 2.19. The first-order valence-corrected chi connectivity index (χ1v) is 12.9. The van der Waals surface area contributed by atoms with E-state index in [1.54, 1.807) is 19.0 Å². The highest BCUT2D eigenvalue weighted by Gasteiger charge is 2.22. The quantitative estimate of drug-likeness (QED) is 0.288. The molecule has 1 amide bonds. The maximum Gasteiger partial charge on any atom is 0.328 e. The normalized spacial score (nSPS) is 14.1. The van der Waals surface area contributed by atoms with Gasteiger partial charge in [0.15, 0.2) is 5.78 Å². The van der Waals surface area contributed by atoms with Crippen molar-refractivity contribution in [2.45, 2.75) is 19.5 Å². The van der Waals surface area contributed by atoms with Gasteiger partial charge < -0.3 is 19.7 Å². The van der Waals surface area contributed by atoms with E-state index >= 15 is 0 Å². The lowest BCUT2D eigenvalue weighted by Crippen LogP contribution is -2.49. The minimum Gasteiger partial charge on any atom is -0.478 e. The number of hydrogen-bond donors (Lipinski definition) is 2. The van der Waals surface area contributed by atoms with Crippen molar-refractivity contribution in [3.05, 3.63) is 78.1 Å². The van der Waals surface area contributed by atoms with Crippen LogP contribution in [0.2, 0.25) is 0 Å². The molecule has 2 aromatic carbocycles. The Balaban J connectivity index is 0.000000482. The second-order valence-corrected chi connectivity index (χ2v) is 9.56. The summed E-state index contributed by atoms with van der Waals surface area (Å²) in [5.41, 5.74) is 2.78. The van der Waals surface area contributed by atoms with Crippen LogP contribution in [0.4, 0.5) is 0 Å². The topological polar surface area (TPSA) is 136 Å². The van der Waals surface area contributed by atoms with Gasteiger partial charge in [-0.25, -0.2) is 14.6 Å². The van der Waals surface area contributed by atoms with Gasteiger partial charge in [0, 0.05) is 71.0 Å². The number of benzene rings is 2. The van der Waals surface area contributed by atoms with E-state index in [2.05, 4.69) is 20.4 Å². The number of fused-ring (bicyclic) bond motifs is 1. The number of aryl methyl sites for hydroxylation is 1. The molecule has 1 saturated heterocycles. The molecule has 212 valence electrons. The minimum atomic E-state index is -1.26. The average Bonchev–Trinajstić information content (AvgIpc) is 3.29. The largest absolute Gasteiger partial charge is 0.478 e. The Morgan fingerprint density at radius 1 is 0.850 bits per heavy atom. The van der Waals surface area contributed by atoms with Gasteiger partial charge in [0.25, 0.3) is 0 Å². The molecule has 0 radical (unpaired) electrons. The van der Waals surface area contributed by atoms with Crippen molar-refractivity contribution < 1.29 is 29.4 Å². The van der Waals surface area contributed by atoms with Gasteiger partial charge in [0.05, 0.1) is 24.1 Å². The summed E-state index contributed by atoms with van der Waals surface area (Å²) in [6.45, 7) is 5.35. The standard InChI is InChI=1S/C25H31N5O2.C4H4O4/c1-27(2)25(32)19-29-16-14-28(15-17-29)18-24-26-21-10-6-7-11-22(21)30(24)13-12-23(31)20-8-4-3-5-9-20;5-3(6)1-2-4(7)8/h3-11H,12-19H2,1-2H3;1-2H,(H,5,6)(H,7,8)/b;2-1-. The number of imidazole rings is 1. The number of hydrogen-bond acceptors (Lipinski definition) is 7. The molecule has 1 aliphatic heterocycles. The number of likely N-dealkylation sites (N-methyl/N-ethyl adjacent to an activating group) is 1. The molecule has 0 saturated carbocycles. The van der Waals surface area contributed by atoms with Crippen molar-refractivity contribution in [3.8, 4) is 0 Å². The van der Waals surface area contributed by atoms with Crippen molar-refractivity contribution in [3.63, 3.8) is 0 Å². The lowest BCUT2D eigenvalue weighted by atomic mass is 10.1. The van der Waals surface area contributed by atoms with Gasteiger partial charge in [-0.05, 0) is 12.1 Å². The van der Waals surface area contributed by atoms with Gasteiger partial charge in [-0.3, -0.25) is 19.4 Å². The molecule has 0 unspecified atom stereocenters. The van der Waals surface area contributed by atoms with E-state index in [0.717, 1.165) is 55.1 Å². The number of piperazine rings is 1. The Hall–Kier alpha value is -4.35. The second-order valence-electron chi connectivity index (χ2n) is 9.56. The monoisotopic (exact) mass is 549 g/mol. The summed E-state index contributed by atoms with van der Waals surface area (Å²) < 4.78 is 2.19. The van der Waals surface area contributed by atoms with Crippen LogP contribution >= 0.6 is 0 Å². The van der Waals surface area contributed by atoms with E-state index < -0.39 is 11.9 Å². The van der Waals surface area contributed by atoms with Crippen LogP contribution in [-0.2, 0) is 27.5 Å². The van der Waals surface area contributed by atoms with E-state index in [1.807, 2.05) is 48.5 Å². The van der Waals surface area contributed by atoms with Crippen molar-refractivity contribution in [1.29, 1.82) is 0 Å². The van der Waals surface area contributed by atoms with Crippen LogP contribution < -0.4 is 0 Å². The summed E-state index contributed by atoms with van der Waals surface area (Å²) in [7, 11) is 3.59. The number of para-hydroxylation sites is 2. The van der Waals surface area contributed by atoms with Gasteiger partial charge in [-0.2, -0.15) is 0 Å². The van der Waals surface area contributed by atoms with Crippen LogP contribution in [0, 0.1) is 0 Å². The molecule has 11 nitrogen and oxygen atoms in total. The molecule has 3 aromatic rings. The predicted molar refractivity (Wildman–Crippen MR) is 150 cm³/mol. The number of carboxylic acid groups (broad SMARTS) is 2. The molecule has 2 N–H and O–H groups in total. The summed E-state index contributed by atoms with van der Waals surface area (Å²) in [4.78, 5) is 54.9. The third kappa shape index (κ3) is 9.14. The smallest absolute Gasteiger partial charge is 0.328 e. The number of carbonyl (C=O) groups is 4. The fourth-order valence-corrected chi connectivity index (χ4v) is 4.26. The Kier molecular flexibility index (Phi) is 11.1. The molecule has 11 heteroatoms. The van der Waals surface area contributed by atoms with E-state index in [0.29, 0.717) is 31.7 Å². The first-order valence-electron chi connectivity index (χ1n) is 12.9. The van der Waals surface area contributed by atoms with Crippen LogP contribution in [-0.4, -0.2) is 105 Å². The zero-order chi connectivity index (χ0) is 29.1. The molecular weight excluding hydrogens is 514 g/mol. The van der Waals surface area contributed by atoms with Gasteiger partial charge in [-0.1, -0.05) is 42.5 Å². The summed E-state index contributed by atoms with van der Waals surface area (Å²) in [6.07, 6.45) is 1.56. The van der Waals surface area contributed by atoms with E-state index in [-0.39, 0.29) is 11.7 Å². The number of Topliss-reactive ketones (excluding diaryl/α,β-unsaturated/α-hetero) is 1. The van der Waals surface area contributed by atoms with Gasteiger partial charge in [0.2, 0.25) is 5.91 Å². The molecule has 1 fully saturated rings. The summed E-state index contributed by atoms with van der Waals surface area (Å²) in [5.74, 6) is -1.23. The number of carboxylic acids is 2. The Morgan fingerprint density at radius 3 is 2.02 bits per heavy atom. The Morgan fingerprint density at radius 2 is 1.43 bits per heavy atom. The Bertz CT molecular complexity index is 1330. The first-order chi connectivity index (χ1) is 19.1.